The molecule has 0 aliphatic carbocycles. The van der Waals surface area contributed by atoms with Gasteiger partial charge in [0, 0.05) is 23.0 Å². The van der Waals surface area contributed by atoms with Crippen molar-refractivity contribution in [2.45, 2.75) is 11.8 Å². The van der Waals surface area contributed by atoms with E-state index in [4.69, 9.17) is 20.2 Å². The summed E-state index contributed by atoms with van der Waals surface area (Å²) in [5.74, 6) is -0.275. The van der Waals surface area contributed by atoms with Crippen LogP contribution in [0.4, 0.5) is 5.69 Å². The van der Waals surface area contributed by atoms with Gasteiger partial charge in [-0.2, -0.15) is 0 Å². The van der Waals surface area contributed by atoms with Crippen LogP contribution < -0.4 is 10.1 Å². The molecule has 1 aromatic rings. The molecule has 0 aromatic heterocycles. The van der Waals surface area contributed by atoms with E-state index in [2.05, 4.69) is 5.32 Å². The third kappa shape index (κ3) is 4.70. The summed E-state index contributed by atoms with van der Waals surface area (Å²) < 4.78 is 32.6. The normalized spacial score (nSPS) is 11.1. The number of hydrogen-bond acceptors (Lipinski definition) is 5. The van der Waals surface area contributed by atoms with Gasteiger partial charge in [0.15, 0.2) is 0 Å². The predicted molar refractivity (Wildman–Crippen MR) is 71.2 cm³/mol. The lowest BCUT2D eigenvalue weighted by Crippen LogP contribution is -2.18. The van der Waals surface area contributed by atoms with Crippen LogP contribution in [0.15, 0.2) is 23.1 Å². The van der Waals surface area contributed by atoms with Crippen molar-refractivity contribution in [3.8, 4) is 5.75 Å². The minimum atomic E-state index is -3.96. The van der Waals surface area contributed by atoms with Gasteiger partial charge in [-0.3, -0.25) is 4.79 Å². The maximum Gasteiger partial charge on any atom is 0.265 e. The van der Waals surface area contributed by atoms with Gasteiger partial charge in [-0.05, 0) is 25.1 Å². The molecule has 8 heteroatoms. The van der Waals surface area contributed by atoms with E-state index in [1.54, 1.807) is 6.92 Å². The van der Waals surface area contributed by atoms with E-state index in [1.807, 2.05) is 0 Å². The van der Waals surface area contributed by atoms with Crippen LogP contribution in [0.5, 0.6) is 5.75 Å². The Morgan fingerprint density at radius 2 is 2.11 bits per heavy atom. The van der Waals surface area contributed by atoms with Gasteiger partial charge in [0.1, 0.15) is 17.3 Å². The molecular weight excluding hydrogens is 294 g/mol. The minimum absolute atomic E-state index is 0.106. The Morgan fingerprint density at radius 3 is 2.63 bits per heavy atom. The molecular formula is C11H14ClNO5S. The maximum absolute atomic E-state index is 11.4. The molecule has 6 nitrogen and oxygen atoms in total. The molecule has 1 N–H and O–H groups in total. The van der Waals surface area contributed by atoms with Crippen molar-refractivity contribution in [3.05, 3.63) is 18.2 Å². The van der Waals surface area contributed by atoms with E-state index in [0.717, 1.165) is 0 Å². The highest BCUT2D eigenvalue weighted by Crippen LogP contribution is 2.29. The first kappa shape index (κ1) is 15.7. The lowest BCUT2D eigenvalue weighted by atomic mass is 10.3. The van der Waals surface area contributed by atoms with Gasteiger partial charge in [-0.15, -0.1) is 0 Å². The number of carbonyl (C=O) groups is 1. The lowest BCUT2D eigenvalue weighted by molar-refractivity contribution is -0.120. The smallest absolute Gasteiger partial charge is 0.265 e. The Bertz CT molecular complexity index is 558. The Morgan fingerprint density at radius 1 is 1.42 bits per heavy atom. The summed E-state index contributed by atoms with van der Waals surface area (Å²) in [5, 5.41) is 2.50. The number of methoxy groups -OCH3 is 1. The summed E-state index contributed by atoms with van der Waals surface area (Å²) in [6.45, 7) is 2.07. The molecule has 1 aromatic carbocycles. The molecule has 0 fully saturated rings. The fraction of sp³-hybridized carbons (Fsp3) is 0.364. The molecule has 0 spiro atoms. The van der Waals surface area contributed by atoms with Crippen molar-refractivity contribution in [1.82, 2.24) is 0 Å². The van der Waals surface area contributed by atoms with E-state index < -0.39 is 9.05 Å². The summed E-state index contributed by atoms with van der Waals surface area (Å²) in [4.78, 5) is 11.2. The standard InChI is InChI=1S/C11H14ClNO5S/c1-3-18-7-11(14)13-8-4-5-9(17-2)10(6-8)19(12,15)16/h4-6H,3,7H2,1-2H3,(H,13,14). The fourth-order valence-electron chi connectivity index (χ4n) is 1.34. The Hall–Kier alpha value is -1.31. The maximum atomic E-state index is 11.4. The number of benzene rings is 1. The van der Waals surface area contributed by atoms with Crippen molar-refractivity contribution in [3.63, 3.8) is 0 Å². The molecule has 0 saturated carbocycles. The van der Waals surface area contributed by atoms with Crippen molar-refractivity contribution in [2.24, 2.45) is 0 Å². The van der Waals surface area contributed by atoms with Crippen LogP contribution in [-0.4, -0.2) is 34.6 Å². The zero-order chi connectivity index (χ0) is 14.5. The topological polar surface area (TPSA) is 81.7 Å². The molecule has 0 unspecified atom stereocenters. The molecule has 1 amide bonds. The summed E-state index contributed by atoms with van der Waals surface area (Å²) in [6, 6.07) is 4.14. The van der Waals surface area contributed by atoms with Crippen LogP contribution >= 0.6 is 10.7 Å². The van der Waals surface area contributed by atoms with E-state index in [9.17, 15) is 13.2 Å². The van der Waals surface area contributed by atoms with Gasteiger partial charge in [-0.1, -0.05) is 0 Å². The number of carbonyl (C=O) groups excluding carboxylic acids is 1. The summed E-state index contributed by atoms with van der Waals surface area (Å²) in [5.41, 5.74) is 0.296. The summed E-state index contributed by atoms with van der Waals surface area (Å²) >= 11 is 0. The van der Waals surface area contributed by atoms with Crippen LogP contribution in [0, 0.1) is 0 Å². The molecule has 0 aliphatic heterocycles. The van der Waals surface area contributed by atoms with Gasteiger partial charge in [-0.25, -0.2) is 8.42 Å². The van der Waals surface area contributed by atoms with Crippen LogP contribution in [0.25, 0.3) is 0 Å². The van der Waals surface area contributed by atoms with Gasteiger partial charge in [0.05, 0.1) is 7.11 Å². The van der Waals surface area contributed by atoms with Crippen LogP contribution in [0.3, 0.4) is 0 Å². The molecule has 0 aliphatic rings. The van der Waals surface area contributed by atoms with Crippen LogP contribution in [-0.2, 0) is 18.6 Å². The molecule has 0 saturated heterocycles. The average molecular weight is 308 g/mol. The molecule has 1 rings (SSSR count). The monoisotopic (exact) mass is 307 g/mol. The highest BCUT2D eigenvalue weighted by Gasteiger charge is 2.17. The molecule has 0 heterocycles. The average Bonchev–Trinajstić information content (AvgIpc) is 2.35. The highest BCUT2D eigenvalue weighted by atomic mass is 35.7. The number of nitrogens with one attached hydrogen (secondary N) is 1. The molecule has 0 atom stereocenters. The summed E-state index contributed by atoms with van der Waals surface area (Å²) in [7, 11) is 2.66. The number of rotatable bonds is 6. The number of halogens is 1. The van der Waals surface area contributed by atoms with Crippen LogP contribution in [0.1, 0.15) is 6.92 Å². The van der Waals surface area contributed by atoms with Crippen molar-refractivity contribution in [1.29, 1.82) is 0 Å². The summed E-state index contributed by atoms with van der Waals surface area (Å²) in [6.07, 6.45) is 0. The molecule has 0 radical (unpaired) electrons. The van der Waals surface area contributed by atoms with E-state index >= 15 is 0 Å². The minimum Gasteiger partial charge on any atom is -0.495 e. The number of anilines is 1. The number of amides is 1. The Labute approximate surface area is 116 Å². The largest absolute Gasteiger partial charge is 0.495 e. The first-order chi connectivity index (χ1) is 8.88. The first-order valence-corrected chi connectivity index (χ1v) is 7.69. The van der Waals surface area contributed by atoms with Crippen molar-refractivity contribution < 1.29 is 22.7 Å². The number of ether oxygens (including phenoxy) is 2. The SMILES string of the molecule is CCOCC(=O)Nc1ccc(OC)c(S(=O)(=O)Cl)c1. The second kappa shape index (κ2) is 6.74. The Balaban J connectivity index is 2.96. The Kier molecular flexibility index (Phi) is 5.59. The fourth-order valence-corrected chi connectivity index (χ4v) is 2.36. The lowest BCUT2D eigenvalue weighted by Gasteiger charge is -2.09. The van der Waals surface area contributed by atoms with E-state index in [1.165, 1.54) is 25.3 Å². The van der Waals surface area contributed by atoms with Crippen molar-refractivity contribution >= 4 is 31.3 Å². The second-order valence-electron chi connectivity index (χ2n) is 3.49. The van der Waals surface area contributed by atoms with Gasteiger partial charge >= 0.3 is 0 Å². The quantitative estimate of drug-likeness (QED) is 0.807. The molecule has 0 bridgehead atoms. The van der Waals surface area contributed by atoms with Gasteiger partial charge < -0.3 is 14.8 Å². The molecule has 19 heavy (non-hydrogen) atoms. The van der Waals surface area contributed by atoms with Crippen LogP contribution in [0.2, 0.25) is 0 Å². The van der Waals surface area contributed by atoms with Gasteiger partial charge in [0.25, 0.3) is 9.05 Å². The third-order valence-electron chi connectivity index (χ3n) is 2.15. The highest BCUT2D eigenvalue weighted by molar-refractivity contribution is 8.13. The zero-order valence-electron chi connectivity index (χ0n) is 10.5. The predicted octanol–water partition coefficient (Wildman–Crippen LogP) is 1.60. The van der Waals surface area contributed by atoms with Crippen molar-refractivity contribution in [2.75, 3.05) is 25.6 Å². The number of hydrogen-bond donors (Lipinski definition) is 1. The molecule has 106 valence electrons. The first-order valence-electron chi connectivity index (χ1n) is 5.38. The van der Waals surface area contributed by atoms with Gasteiger partial charge in [0.2, 0.25) is 5.91 Å². The third-order valence-corrected chi connectivity index (χ3v) is 3.49. The van der Waals surface area contributed by atoms with E-state index in [0.29, 0.717) is 12.3 Å². The zero-order valence-corrected chi connectivity index (χ0v) is 12.0. The second-order valence-corrected chi connectivity index (χ2v) is 6.02. The van der Waals surface area contributed by atoms with E-state index in [-0.39, 0.29) is 23.2 Å².